The zero-order valence-corrected chi connectivity index (χ0v) is 10.5. The van der Waals surface area contributed by atoms with Gasteiger partial charge >= 0.3 is 0 Å². The van der Waals surface area contributed by atoms with Gasteiger partial charge in [0.1, 0.15) is 5.75 Å². The largest absolute Gasteiger partial charge is 0.497 e. The molecule has 17 heavy (non-hydrogen) atoms. The van der Waals surface area contributed by atoms with Crippen molar-refractivity contribution in [1.82, 2.24) is 9.55 Å². The molecule has 0 aliphatic carbocycles. The molecule has 0 unspecified atom stereocenters. The molecule has 2 N–H and O–H groups in total. The third-order valence-corrected chi connectivity index (χ3v) is 3.00. The lowest BCUT2D eigenvalue weighted by molar-refractivity contribution is 0.415. The molecule has 0 aliphatic rings. The molecular formula is C12H14ClN3O. The second kappa shape index (κ2) is 4.77. The van der Waals surface area contributed by atoms with Gasteiger partial charge in [-0.3, -0.25) is 0 Å². The molecule has 2 aromatic rings. The number of halogens is 1. The van der Waals surface area contributed by atoms with Gasteiger partial charge in [-0.05, 0) is 18.2 Å². The Morgan fingerprint density at radius 3 is 2.82 bits per heavy atom. The molecule has 5 heteroatoms. The smallest absolute Gasteiger partial charge is 0.120 e. The fraction of sp³-hybridized carbons (Fsp3) is 0.250. The Bertz CT molecular complexity index is 537. The van der Waals surface area contributed by atoms with Crippen LogP contribution in [-0.4, -0.2) is 16.7 Å². The number of hydrogen-bond acceptors (Lipinski definition) is 3. The summed E-state index contributed by atoms with van der Waals surface area (Å²) in [7, 11) is 3.52. The fourth-order valence-electron chi connectivity index (χ4n) is 1.74. The van der Waals surface area contributed by atoms with Crippen molar-refractivity contribution in [3.63, 3.8) is 0 Å². The predicted octanol–water partition coefficient (Wildman–Crippen LogP) is 2.21. The van der Waals surface area contributed by atoms with E-state index < -0.39 is 0 Å². The van der Waals surface area contributed by atoms with Gasteiger partial charge in [-0.1, -0.05) is 11.6 Å². The van der Waals surface area contributed by atoms with E-state index >= 15 is 0 Å². The van der Waals surface area contributed by atoms with E-state index in [4.69, 9.17) is 22.1 Å². The fourth-order valence-corrected chi connectivity index (χ4v) is 2.00. The van der Waals surface area contributed by atoms with Crippen molar-refractivity contribution in [2.45, 2.75) is 6.54 Å². The van der Waals surface area contributed by atoms with Gasteiger partial charge in [0.2, 0.25) is 0 Å². The number of imidazole rings is 1. The maximum Gasteiger partial charge on any atom is 0.120 e. The van der Waals surface area contributed by atoms with E-state index in [1.807, 2.05) is 23.7 Å². The van der Waals surface area contributed by atoms with E-state index in [1.165, 1.54) is 0 Å². The number of nitrogens with two attached hydrogens (primary N) is 1. The Morgan fingerprint density at radius 1 is 1.47 bits per heavy atom. The van der Waals surface area contributed by atoms with Crippen LogP contribution in [0.25, 0.3) is 11.3 Å². The number of hydrogen-bond donors (Lipinski definition) is 1. The maximum atomic E-state index is 6.21. The Balaban J connectivity index is 2.53. The van der Waals surface area contributed by atoms with Gasteiger partial charge in [0.25, 0.3) is 0 Å². The van der Waals surface area contributed by atoms with Gasteiger partial charge in [0.15, 0.2) is 0 Å². The Kier molecular flexibility index (Phi) is 3.36. The summed E-state index contributed by atoms with van der Waals surface area (Å²) in [6, 6.07) is 5.52. The third kappa shape index (κ3) is 2.14. The molecule has 0 aliphatic heterocycles. The van der Waals surface area contributed by atoms with Crippen molar-refractivity contribution in [1.29, 1.82) is 0 Å². The summed E-state index contributed by atoms with van der Waals surface area (Å²) in [6.45, 7) is 0.425. The van der Waals surface area contributed by atoms with Crippen molar-refractivity contribution in [3.05, 3.63) is 35.2 Å². The van der Waals surface area contributed by atoms with Crippen LogP contribution in [0.1, 0.15) is 5.69 Å². The van der Waals surface area contributed by atoms with Gasteiger partial charge in [-0.25, -0.2) is 4.98 Å². The van der Waals surface area contributed by atoms with Gasteiger partial charge < -0.3 is 15.0 Å². The van der Waals surface area contributed by atoms with Crippen molar-refractivity contribution in [2.75, 3.05) is 7.11 Å². The molecule has 1 heterocycles. The molecule has 0 spiro atoms. The van der Waals surface area contributed by atoms with Gasteiger partial charge in [0.05, 0.1) is 29.8 Å². The summed E-state index contributed by atoms with van der Waals surface area (Å²) in [5.41, 5.74) is 8.36. The van der Waals surface area contributed by atoms with Crippen LogP contribution in [-0.2, 0) is 13.6 Å². The van der Waals surface area contributed by atoms with Crippen LogP contribution in [0.15, 0.2) is 24.5 Å². The molecule has 1 aromatic heterocycles. The number of benzene rings is 1. The average molecular weight is 252 g/mol. The third-order valence-electron chi connectivity index (χ3n) is 2.68. The zero-order chi connectivity index (χ0) is 12.4. The normalized spacial score (nSPS) is 10.6. The minimum absolute atomic E-state index is 0.425. The number of ether oxygens (including phenoxy) is 1. The monoisotopic (exact) mass is 251 g/mol. The first kappa shape index (κ1) is 12.0. The Hall–Kier alpha value is -1.52. The molecule has 1 aromatic carbocycles. The summed E-state index contributed by atoms with van der Waals surface area (Å²) in [5, 5.41) is 0.609. The van der Waals surface area contributed by atoms with E-state index in [9.17, 15) is 0 Å². The topological polar surface area (TPSA) is 53.1 Å². The lowest BCUT2D eigenvalue weighted by Crippen LogP contribution is -2.04. The van der Waals surface area contributed by atoms with Crippen LogP contribution in [0.3, 0.4) is 0 Å². The number of methoxy groups -OCH3 is 1. The first-order valence-electron chi connectivity index (χ1n) is 5.21. The summed E-state index contributed by atoms with van der Waals surface area (Å²) in [6.07, 6.45) is 1.73. The predicted molar refractivity (Wildman–Crippen MR) is 68.1 cm³/mol. The number of nitrogens with zero attached hydrogens (tertiary/aromatic N) is 2. The quantitative estimate of drug-likeness (QED) is 0.910. The van der Waals surface area contributed by atoms with E-state index in [0.29, 0.717) is 11.6 Å². The second-order valence-electron chi connectivity index (χ2n) is 3.70. The van der Waals surface area contributed by atoms with Crippen LogP contribution in [0.4, 0.5) is 0 Å². The van der Waals surface area contributed by atoms with E-state index in [0.717, 1.165) is 22.7 Å². The Labute approximate surface area is 105 Å². The van der Waals surface area contributed by atoms with Crippen LogP contribution in [0.5, 0.6) is 5.75 Å². The van der Waals surface area contributed by atoms with Crippen LogP contribution >= 0.6 is 11.6 Å². The zero-order valence-electron chi connectivity index (χ0n) is 9.77. The highest BCUT2D eigenvalue weighted by Gasteiger charge is 2.13. The van der Waals surface area contributed by atoms with Crippen molar-refractivity contribution < 1.29 is 4.74 Å². The van der Waals surface area contributed by atoms with E-state index in [-0.39, 0.29) is 0 Å². The molecule has 2 rings (SSSR count). The van der Waals surface area contributed by atoms with Gasteiger partial charge in [-0.2, -0.15) is 0 Å². The summed E-state index contributed by atoms with van der Waals surface area (Å²) >= 11 is 6.21. The first-order valence-corrected chi connectivity index (χ1v) is 5.59. The molecule has 0 saturated heterocycles. The second-order valence-corrected chi connectivity index (χ2v) is 4.11. The van der Waals surface area contributed by atoms with E-state index in [1.54, 1.807) is 19.5 Å². The highest BCUT2D eigenvalue weighted by Crippen LogP contribution is 2.31. The first-order chi connectivity index (χ1) is 8.17. The molecule has 0 saturated carbocycles. The van der Waals surface area contributed by atoms with Gasteiger partial charge in [-0.15, -0.1) is 0 Å². The lowest BCUT2D eigenvalue weighted by atomic mass is 10.1. The van der Waals surface area contributed by atoms with E-state index in [2.05, 4.69) is 4.98 Å². The number of aryl methyl sites for hydroxylation is 1. The molecule has 90 valence electrons. The molecule has 0 atom stereocenters. The highest BCUT2D eigenvalue weighted by atomic mass is 35.5. The molecule has 4 nitrogen and oxygen atoms in total. The summed E-state index contributed by atoms with van der Waals surface area (Å²) in [4.78, 5) is 4.33. The molecule has 0 fully saturated rings. The van der Waals surface area contributed by atoms with Crippen molar-refractivity contribution in [2.24, 2.45) is 12.8 Å². The minimum atomic E-state index is 0.425. The number of rotatable bonds is 3. The standard InChI is InChI=1S/C12H14ClN3O/c1-16-7-15-12(11(16)6-14)9-4-3-8(17-2)5-10(9)13/h3-5,7H,6,14H2,1-2H3. The highest BCUT2D eigenvalue weighted by molar-refractivity contribution is 6.33. The lowest BCUT2D eigenvalue weighted by Gasteiger charge is -2.07. The van der Waals surface area contributed by atoms with Crippen molar-refractivity contribution >= 4 is 11.6 Å². The molecule has 0 radical (unpaired) electrons. The Morgan fingerprint density at radius 2 is 2.24 bits per heavy atom. The average Bonchev–Trinajstić information content (AvgIpc) is 2.70. The molecular weight excluding hydrogens is 238 g/mol. The number of aromatic nitrogens is 2. The summed E-state index contributed by atoms with van der Waals surface area (Å²) in [5.74, 6) is 0.726. The summed E-state index contributed by atoms with van der Waals surface area (Å²) < 4.78 is 7.01. The molecule has 0 bridgehead atoms. The molecule has 0 amide bonds. The maximum absolute atomic E-state index is 6.21. The van der Waals surface area contributed by atoms with Crippen molar-refractivity contribution in [3.8, 4) is 17.0 Å². The minimum Gasteiger partial charge on any atom is -0.497 e. The van der Waals surface area contributed by atoms with Crippen LogP contribution < -0.4 is 10.5 Å². The van der Waals surface area contributed by atoms with Gasteiger partial charge in [0, 0.05) is 19.2 Å². The SMILES string of the molecule is COc1ccc(-c2ncn(C)c2CN)c(Cl)c1. The van der Waals surface area contributed by atoms with Crippen LogP contribution in [0, 0.1) is 0 Å². The van der Waals surface area contributed by atoms with Crippen LogP contribution in [0.2, 0.25) is 5.02 Å².